The van der Waals surface area contributed by atoms with Crippen LogP contribution in [-0.4, -0.2) is 11.1 Å². The summed E-state index contributed by atoms with van der Waals surface area (Å²) in [5.74, 6) is 3.02. The Morgan fingerprint density at radius 2 is 2.12 bits per heavy atom. The summed E-state index contributed by atoms with van der Waals surface area (Å²) in [5.41, 5.74) is 1.25. The van der Waals surface area contributed by atoms with Gasteiger partial charge in [0, 0.05) is 16.1 Å². The zero-order chi connectivity index (χ0) is 11.8. The molecule has 0 saturated carbocycles. The highest BCUT2D eigenvalue weighted by molar-refractivity contribution is 9.09. The molecule has 0 N–H and O–H groups in total. The lowest BCUT2D eigenvalue weighted by Gasteiger charge is -2.12. The van der Waals surface area contributed by atoms with Gasteiger partial charge in [-0.25, -0.2) is 0 Å². The minimum atomic E-state index is 0.789. The van der Waals surface area contributed by atoms with E-state index in [2.05, 4.69) is 35.0 Å². The van der Waals surface area contributed by atoms with Crippen molar-refractivity contribution in [2.24, 2.45) is 5.92 Å². The lowest BCUT2D eigenvalue weighted by Crippen LogP contribution is -2.05. The van der Waals surface area contributed by atoms with E-state index < -0.39 is 0 Å². The lowest BCUT2D eigenvalue weighted by atomic mass is 10.1. The van der Waals surface area contributed by atoms with E-state index in [1.54, 1.807) is 0 Å². The van der Waals surface area contributed by atoms with Crippen LogP contribution < -0.4 is 0 Å². The SMILES string of the molecule is CCCC(CBr)CSCc1ccccc1Cl. The number of hydrogen-bond acceptors (Lipinski definition) is 1. The van der Waals surface area contributed by atoms with E-state index in [4.69, 9.17) is 11.6 Å². The molecule has 0 aliphatic rings. The van der Waals surface area contributed by atoms with Crippen LogP contribution in [0.2, 0.25) is 5.02 Å². The van der Waals surface area contributed by atoms with Crippen LogP contribution in [0.25, 0.3) is 0 Å². The van der Waals surface area contributed by atoms with Gasteiger partial charge in [-0.15, -0.1) is 0 Å². The first-order valence-corrected chi connectivity index (χ1v) is 8.30. The van der Waals surface area contributed by atoms with Crippen molar-refractivity contribution in [3.63, 3.8) is 0 Å². The molecule has 0 spiro atoms. The molecule has 0 heterocycles. The van der Waals surface area contributed by atoms with Gasteiger partial charge in [-0.1, -0.05) is 59.1 Å². The molecule has 1 atom stereocenters. The van der Waals surface area contributed by atoms with E-state index in [9.17, 15) is 0 Å². The minimum absolute atomic E-state index is 0.789. The molecule has 0 amide bonds. The van der Waals surface area contributed by atoms with Crippen molar-refractivity contribution in [3.05, 3.63) is 34.9 Å². The monoisotopic (exact) mass is 320 g/mol. The summed E-state index contributed by atoms with van der Waals surface area (Å²) in [6.45, 7) is 2.24. The number of benzene rings is 1. The maximum atomic E-state index is 6.11. The van der Waals surface area contributed by atoms with E-state index in [0.29, 0.717) is 0 Å². The average Bonchev–Trinajstić information content (AvgIpc) is 2.30. The van der Waals surface area contributed by atoms with Gasteiger partial charge in [0.25, 0.3) is 0 Å². The van der Waals surface area contributed by atoms with Crippen molar-refractivity contribution in [3.8, 4) is 0 Å². The second-order valence-corrected chi connectivity index (χ2v) is 6.00. The fourth-order valence-electron chi connectivity index (χ4n) is 1.56. The Labute approximate surface area is 116 Å². The van der Waals surface area contributed by atoms with Crippen LogP contribution in [0, 0.1) is 5.92 Å². The van der Waals surface area contributed by atoms with E-state index in [1.165, 1.54) is 24.2 Å². The summed E-state index contributed by atoms with van der Waals surface area (Å²) in [6, 6.07) is 8.11. The fraction of sp³-hybridized carbons (Fsp3) is 0.538. The normalized spacial score (nSPS) is 12.7. The standard InChI is InChI=1S/C13H18BrClS/c1-2-5-11(8-14)9-16-10-12-6-3-4-7-13(12)15/h3-4,6-7,11H,2,5,8-10H2,1H3. The fourth-order valence-corrected chi connectivity index (χ4v) is 3.91. The first-order valence-electron chi connectivity index (χ1n) is 5.65. The van der Waals surface area contributed by atoms with Crippen LogP contribution >= 0.6 is 39.3 Å². The summed E-state index contributed by atoms with van der Waals surface area (Å²) >= 11 is 11.7. The van der Waals surface area contributed by atoms with Crippen LogP contribution in [-0.2, 0) is 5.75 Å². The third-order valence-electron chi connectivity index (χ3n) is 2.48. The molecule has 0 aliphatic carbocycles. The minimum Gasteiger partial charge on any atom is -0.157 e. The Balaban J connectivity index is 2.32. The zero-order valence-corrected chi connectivity index (χ0v) is 12.7. The first-order chi connectivity index (χ1) is 7.77. The molecule has 1 unspecified atom stereocenters. The Morgan fingerprint density at radius 1 is 1.38 bits per heavy atom. The van der Waals surface area contributed by atoms with E-state index >= 15 is 0 Å². The van der Waals surface area contributed by atoms with Crippen molar-refractivity contribution >= 4 is 39.3 Å². The first kappa shape index (κ1) is 14.4. The van der Waals surface area contributed by atoms with Crippen molar-refractivity contribution < 1.29 is 0 Å². The number of hydrogen-bond donors (Lipinski definition) is 0. The molecule has 1 aromatic rings. The van der Waals surface area contributed by atoms with E-state index in [0.717, 1.165) is 22.0 Å². The summed E-state index contributed by atoms with van der Waals surface area (Å²) < 4.78 is 0. The molecule has 1 rings (SSSR count). The molecule has 0 nitrogen and oxygen atoms in total. The Kier molecular flexibility index (Phi) is 7.59. The molecule has 0 fully saturated rings. The van der Waals surface area contributed by atoms with Gasteiger partial charge in [-0.2, -0.15) is 11.8 Å². The molecule has 16 heavy (non-hydrogen) atoms. The highest BCUT2D eigenvalue weighted by Gasteiger charge is 2.06. The van der Waals surface area contributed by atoms with E-state index in [1.807, 2.05) is 23.9 Å². The van der Waals surface area contributed by atoms with Crippen molar-refractivity contribution in [1.29, 1.82) is 0 Å². The molecular weight excluding hydrogens is 304 g/mol. The van der Waals surface area contributed by atoms with Gasteiger partial charge in [-0.3, -0.25) is 0 Å². The van der Waals surface area contributed by atoms with Crippen molar-refractivity contribution in [1.82, 2.24) is 0 Å². The van der Waals surface area contributed by atoms with Crippen LogP contribution in [0.3, 0.4) is 0 Å². The number of rotatable bonds is 7. The third kappa shape index (κ3) is 5.11. The highest BCUT2D eigenvalue weighted by atomic mass is 79.9. The Morgan fingerprint density at radius 3 is 2.75 bits per heavy atom. The molecule has 3 heteroatoms. The third-order valence-corrected chi connectivity index (χ3v) is 4.99. The zero-order valence-electron chi connectivity index (χ0n) is 9.59. The Hall–Kier alpha value is 0.340. The van der Waals surface area contributed by atoms with Gasteiger partial charge in [0.05, 0.1) is 0 Å². The molecule has 0 aliphatic heterocycles. The molecule has 1 aromatic carbocycles. The summed E-state index contributed by atoms with van der Waals surface area (Å²) in [5, 5.41) is 2.00. The summed E-state index contributed by atoms with van der Waals surface area (Å²) in [6.07, 6.45) is 2.57. The molecule has 0 bridgehead atoms. The Bertz CT molecular complexity index is 304. The van der Waals surface area contributed by atoms with Gasteiger partial charge in [-0.05, 0) is 29.7 Å². The van der Waals surface area contributed by atoms with Crippen LogP contribution in [0.4, 0.5) is 0 Å². The van der Waals surface area contributed by atoms with Gasteiger partial charge in [0.15, 0.2) is 0 Å². The predicted molar refractivity (Wildman–Crippen MR) is 79.8 cm³/mol. The second-order valence-electron chi connectivity index (χ2n) is 3.92. The largest absolute Gasteiger partial charge is 0.157 e. The van der Waals surface area contributed by atoms with E-state index in [-0.39, 0.29) is 0 Å². The van der Waals surface area contributed by atoms with Crippen LogP contribution in [0.5, 0.6) is 0 Å². The second kappa shape index (κ2) is 8.43. The van der Waals surface area contributed by atoms with Gasteiger partial charge in [0.2, 0.25) is 0 Å². The molecule has 0 radical (unpaired) electrons. The number of alkyl halides is 1. The van der Waals surface area contributed by atoms with Crippen molar-refractivity contribution in [2.45, 2.75) is 25.5 Å². The van der Waals surface area contributed by atoms with Crippen LogP contribution in [0.15, 0.2) is 24.3 Å². The molecule has 90 valence electrons. The van der Waals surface area contributed by atoms with Gasteiger partial charge in [0.1, 0.15) is 0 Å². The maximum Gasteiger partial charge on any atom is 0.0446 e. The summed E-state index contributed by atoms with van der Waals surface area (Å²) in [7, 11) is 0. The topological polar surface area (TPSA) is 0 Å². The smallest absolute Gasteiger partial charge is 0.0446 e. The quantitative estimate of drug-likeness (QED) is 0.607. The van der Waals surface area contributed by atoms with Crippen molar-refractivity contribution in [2.75, 3.05) is 11.1 Å². The maximum absolute atomic E-state index is 6.11. The molecule has 0 saturated heterocycles. The van der Waals surface area contributed by atoms with Gasteiger partial charge >= 0.3 is 0 Å². The summed E-state index contributed by atoms with van der Waals surface area (Å²) in [4.78, 5) is 0. The number of halogens is 2. The molecule has 0 aromatic heterocycles. The lowest BCUT2D eigenvalue weighted by molar-refractivity contribution is 0.597. The number of thioether (sulfide) groups is 1. The predicted octanol–water partition coefficient (Wildman–Crippen LogP) is 5.38. The molecular formula is C13H18BrClS. The van der Waals surface area contributed by atoms with Gasteiger partial charge < -0.3 is 0 Å². The average molecular weight is 322 g/mol. The highest BCUT2D eigenvalue weighted by Crippen LogP contribution is 2.24. The van der Waals surface area contributed by atoms with Crippen LogP contribution in [0.1, 0.15) is 25.3 Å².